The second-order valence-electron chi connectivity index (χ2n) is 14.5. The molecule has 0 aromatic carbocycles. The van der Waals surface area contributed by atoms with Crippen LogP contribution in [-0.4, -0.2) is 16.9 Å². The Morgan fingerprint density at radius 1 is 0.912 bits per heavy atom. The minimum Gasteiger partial charge on any atom is -0.478 e. The molecule has 9 atom stereocenters. The number of hydrogen-bond donors (Lipinski definition) is 1. The molecule has 5 aliphatic rings. The zero-order valence-corrected chi connectivity index (χ0v) is 22.6. The van der Waals surface area contributed by atoms with Gasteiger partial charge in [-0.25, -0.2) is 4.79 Å². The van der Waals surface area contributed by atoms with Gasteiger partial charge in [0.2, 0.25) is 0 Å². The molecule has 5 fully saturated rings. The Morgan fingerprint density at radius 3 is 2.26 bits per heavy atom. The van der Waals surface area contributed by atoms with Crippen LogP contribution in [0.25, 0.3) is 0 Å². The lowest BCUT2D eigenvalue weighted by Crippen LogP contribution is -2.66. The molecule has 0 aromatic rings. The van der Waals surface area contributed by atoms with E-state index in [2.05, 4.69) is 48.1 Å². The van der Waals surface area contributed by atoms with Crippen molar-refractivity contribution < 1.29 is 14.7 Å². The Labute approximate surface area is 207 Å². The molecule has 0 radical (unpaired) electrons. The summed E-state index contributed by atoms with van der Waals surface area (Å²) in [6, 6.07) is 0. The van der Waals surface area contributed by atoms with Crippen molar-refractivity contribution in [2.75, 3.05) is 0 Å². The van der Waals surface area contributed by atoms with E-state index in [1.165, 1.54) is 51.4 Å². The first-order chi connectivity index (χ1) is 15.8. The Morgan fingerprint density at radius 2 is 1.62 bits per heavy atom. The van der Waals surface area contributed by atoms with Crippen LogP contribution >= 0.6 is 0 Å². The molecule has 0 unspecified atom stereocenters. The van der Waals surface area contributed by atoms with Gasteiger partial charge >= 0.3 is 5.97 Å². The molecular weight excluding hydrogens is 420 g/mol. The molecule has 0 aromatic heterocycles. The molecule has 5 saturated carbocycles. The monoisotopic (exact) mass is 468 g/mol. The average Bonchev–Trinajstić information content (AvgIpc) is 3.16. The third-order valence-corrected chi connectivity index (χ3v) is 13.8. The Balaban J connectivity index is 1.55. The molecule has 0 bridgehead atoms. The van der Waals surface area contributed by atoms with Crippen LogP contribution in [0.1, 0.15) is 112 Å². The van der Waals surface area contributed by atoms with Crippen LogP contribution in [0.2, 0.25) is 0 Å². The van der Waals surface area contributed by atoms with Crippen LogP contribution in [0.4, 0.5) is 0 Å². The Kier molecular flexibility index (Phi) is 5.38. The van der Waals surface area contributed by atoms with Crippen molar-refractivity contribution in [1.82, 2.24) is 0 Å². The van der Waals surface area contributed by atoms with E-state index in [1.54, 1.807) is 0 Å². The van der Waals surface area contributed by atoms with Gasteiger partial charge in [-0.2, -0.15) is 0 Å². The first-order valence-corrected chi connectivity index (χ1v) is 14.2. The average molecular weight is 469 g/mol. The summed E-state index contributed by atoms with van der Waals surface area (Å²) < 4.78 is 0. The standard InChI is InChI=1S/C31H48O3/c1-8-31-16-11-20(19(2)26(33)34)25(31)21-9-10-23-28(5)14-13-24(32)27(3,4)22(28)12-15-30(23,7)29(21,6)17-18-31/h20-23,25H,2,8-18H2,1,3-7H3,(H,33,34)/t20-,21+,22-,23+,25+,28-,29+,30+,31+/m0/s1. The van der Waals surface area contributed by atoms with Crippen molar-refractivity contribution in [3.05, 3.63) is 12.2 Å². The van der Waals surface area contributed by atoms with Gasteiger partial charge in [-0.15, -0.1) is 0 Å². The predicted octanol–water partition coefficient (Wildman–Crippen LogP) is 7.69. The summed E-state index contributed by atoms with van der Waals surface area (Å²) in [5.41, 5.74) is 1.30. The number of carboxylic acid groups (broad SMARTS) is 1. The number of carbonyl (C=O) groups excluding carboxylic acids is 1. The lowest BCUT2D eigenvalue weighted by atomic mass is 9.32. The van der Waals surface area contributed by atoms with E-state index in [-0.39, 0.29) is 27.6 Å². The van der Waals surface area contributed by atoms with Crippen LogP contribution in [0.15, 0.2) is 12.2 Å². The maximum atomic E-state index is 12.9. The normalized spacial score (nSPS) is 51.6. The highest BCUT2D eigenvalue weighted by Gasteiger charge is 2.70. The van der Waals surface area contributed by atoms with Gasteiger partial charge in [0, 0.05) is 17.4 Å². The number of Topliss-reactive ketones (excluding diaryl/α,β-unsaturated/α-hetero) is 1. The van der Waals surface area contributed by atoms with E-state index in [0.29, 0.717) is 40.4 Å². The number of hydrogen-bond acceptors (Lipinski definition) is 2. The van der Waals surface area contributed by atoms with Crippen molar-refractivity contribution in [1.29, 1.82) is 0 Å². The SMILES string of the molecule is C=C(C(=O)O)[C@@H]1CC[C@]2(CC)CC[C@]3(C)[C@H](CC[C@@H]4[C@@]5(C)CCC(=O)C(C)(C)[C@@H]5CC[C@]43C)[C@@H]12. The molecule has 0 aliphatic heterocycles. The molecule has 3 nitrogen and oxygen atoms in total. The fourth-order valence-corrected chi connectivity index (χ4v) is 11.7. The Hall–Kier alpha value is -1.12. The number of fused-ring (bicyclic) bond motifs is 7. The highest BCUT2D eigenvalue weighted by Crippen LogP contribution is 2.77. The summed E-state index contributed by atoms with van der Waals surface area (Å²) in [5, 5.41) is 9.89. The van der Waals surface area contributed by atoms with Gasteiger partial charge in [0.05, 0.1) is 0 Å². The molecule has 1 N–H and O–H groups in total. The predicted molar refractivity (Wildman–Crippen MR) is 136 cm³/mol. The van der Waals surface area contributed by atoms with Crippen molar-refractivity contribution in [2.45, 2.75) is 112 Å². The fraction of sp³-hybridized carbons (Fsp3) is 0.871. The third-order valence-electron chi connectivity index (χ3n) is 13.8. The van der Waals surface area contributed by atoms with E-state index in [1.807, 2.05) is 0 Å². The maximum absolute atomic E-state index is 12.9. The van der Waals surface area contributed by atoms with Gasteiger partial charge < -0.3 is 5.11 Å². The molecule has 0 amide bonds. The fourth-order valence-electron chi connectivity index (χ4n) is 11.7. The van der Waals surface area contributed by atoms with Crippen LogP contribution in [0.5, 0.6) is 0 Å². The van der Waals surface area contributed by atoms with Crippen LogP contribution in [0, 0.1) is 56.7 Å². The summed E-state index contributed by atoms with van der Waals surface area (Å²) in [7, 11) is 0. The van der Waals surface area contributed by atoms with E-state index in [0.717, 1.165) is 19.3 Å². The summed E-state index contributed by atoms with van der Waals surface area (Å²) in [6.07, 6.45) is 12.5. The Bertz CT molecular complexity index is 918. The zero-order chi connectivity index (χ0) is 24.9. The smallest absolute Gasteiger partial charge is 0.331 e. The van der Waals surface area contributed by atoms with Crippen molar-refractivity contribution in [3.8, 4) is 0 Å². The highest BCUT2D eigenvalue weighted by atomic mass is 16.4. The zero-order valence-electron chi connectivity index (χ0n) is 22.6. The van der Waals surface area contributed by atoms with Gasteiger partial charge in [0.25, 0.3) is 0 Å². The van der Waals surface area contributed by atoms with E-state index in [9.17, 15) is 14.7 Å². The maximum Gasteiger partial charge on any atom is 0.331 e. The minimum atomic E-state index is -0.786. The second kappa shape index (κ2) is 7.45. The largest absolute Gasteiger partial charge is 0.478 e. The molecule has 0 heterocycles. The number of carboxylic acids is 1. The van der Waals surface area contributed by atoms with Crippen molar-refractivity contribution in [3.63, 3.8) is 0 Å². The van der Waals surface area contributed by atoms with Gasteiger partial charge in [-0.05, 0) is 109 Å². The van der Waals surface area contributed by atoms with Crippen LogP contribution in [-0.2, 0) is 9.59 Å². The molecule has 3 heteroatoms. The number of rotatable bonds is 3. The summed E-state index contributed by atoms with van der Waals surface area (Å²) >= 11 is 0. The van der Waals surface area contributed by atoms with Gasteiger partial charge in [-0.3, -0.25) is 4.79 Å². The van der Waals surface area contributed by atoms with Gasteiger partial charge in [0.1, 0.15) is 5.78 Å². The molecule has 0 spiro atoms. The first kappa shape index (κ1) is 24.6. The van der Waals surface area contributed by atoms with E-state index >= 15 is 0 Å². The van der Waals surface area contributed by atoms with Crippen LogP contribution in [0.3, 0.4) is 0 Å². The van der Waals surface area contributed by atoms with Crippen molar-refractivity contribution in [2.24, 2.45) is 56.7 Å². The molecule has 0 saturated heterocycles. The van der Waals surface area contributed by atoms with E-state index < -0.39 is 5.97 Å². The lowest BCUT2D eigenvalue weighted by molar-refractivity contribution is -0.234. The molecule has 34 heavy (non-hydrogen) atoms. The summed E-state index contributed by atoms with van der Waals surface area (Å²) in [5.74, 6) is 2.03. The van der Waals surface area contributed by atoms with Crippen molar-refractivity contribution >= 4 is 11.8 Å². The number of aliphatic carboxylic acids is 1. The molecule has 190 valence electrons. The third kappa shape index (κ3) is 2.82. The quantitative estimate of drug-likeness (QED) is 0.432. The lowest BCUT2D eigenvalue weighted by Gasteiger charge is -2.72. The van der Waals surface area contributed by atoms with Crippen LogP contribution < -0.4 is 0 Å². The second-order valence-corrected chi connectivity index (χ2v) is 14.5. The molecule has 5 rings (SSSR count). The molecular formula is C31H48O3. The van der Waals surface area contributed by atoms with E-state index in [4.69, 9.17) is 0 Å². The molecule has 5 aliphatic carbocycles. The minimum absolute atomic E-state index is 0.139. The number of ketones is 1. The summed E-state index contributed by atoms with van der Waals surface area (Å²) in [4.78, 5) is 25.0. The topological polar surface area (TPSA) is 54.4 Å². The highest BCUT2D eigenvalue weighted by molar-refractivity contribution is 5.86. The van der Waals surface area contributed by atoms with Gasteiger partial charge in [0.15, 0.2) is 0 Å². The summed E-state index contributed by atoms with van der Waals surface area (Å²) in [6.45, 7) is 18.7. The van der Waals surface area contributed by atoms with Gasteiger partial charge in [-0.1, -0.05) is 54.5 Å². The number of carbonyl (C=O) groups is 2. The first-order valence-electron chi connectivity index (χ1n) is 14.2.